The minimum Gasteiger partial charge on any atom is -0.510 e. The van der Waals surface area contributed by atoms with Crippen LogP contribution < -0.4 is 15.8 Å². The maximum absolute atomic E-state index is 14.3. The third kappa shape index (κ3) is 6.34. The van der Waals surface area contributed by atoms with Gasteiger partial charge < -0.3 is 41.0 Å². The Kier molecular flexibility index (Phi) is 10.2. The lowest BCUT2D eigenvalue weighted by atomic mass is 9.58. The van der Waals surface area contributed by atoms with Crippen molar-refractivity contribution in [2.24, 2.45) is 17.6 Å². The monoisotopic (exact) mass is 725 g/mol. The normalized spacial score (nSPS) is 22.9. The van der Waals surface area contributed by atoms with Gasteiger partial charge in [-0.3, -0.25) is 24.1 Å². The zero-order chi connectivity index (χ0) is 38.4. The number of hydrogen-bond acceptors (Lipinski definition) is 12. The summed E-state index contributed by atoms with van der Waals surface area (Å²) in [5, 5.41) is 49.0. The van der Waals surface area contributed by atoms with Crippen LogP contribution in [-0.4, -0.2) is 94.3 Å². The molecule has 13 nitrogen and oxygen atoms in total. The number of esters is 1. The van der Waals surface area contributed by atoms with Gasteiger partial charge in [0.15, 0.2) is 11.4 Å². The van der Waals surface area contributed by atoms with E-state index in [0.29, 0.717) is 28.9 Å². The molecule has 0 fully saturated rings. The number of Topliss-reactive ketones (excluding diaryl/α,β-unsaturated/α-hetero) is 2. The number of carbonyl (C=O) groups is 4. The Morgan fingerprint density at radius 3 is 2.38 bits per heavy atom. The first-order valence-corrected chi connectivity index (χ1v) is 17.3. The van der Waals surface area contributed by atoms with E-state index in [4.69, 9.17) is 15.2 Å². The number of ketones is 2. The number of nitrogens with zero attached hydrogens (tertiary/aromatic N) is 1. The highest BCUT2D eigenvalue weighted by molar-refractivity contribution is 6.25. The first-order valence-electron chi connectivity index (χ1n) is 17.3. The summed E-state index contributed by atoms with van der Waals surface area (Å²) in [6.45, 7) is 2.26. The predicted molar refractivity (Wildman–Crippen MR) is 193 cm³/mol. The largest absolute Gasteiger partial charge is 0.510 e. The van der Waals surface area contributed by atoms with Gasteiger partial charge in [0.2, 0.25) is 5.78 Å². The molecule has 7 N–H and O–H groups in total. The maximum atomic E-state index is 14.3. The molecule has 0 saturated carbocycles. The Bertz CT molecular complexity index is 2060. The highest BCUT2D eigenvalue weighted by Crippen LogP contribution is 2.53. The number of nitrogens with two attached hydrogens (primary N) is 1. The lowest BCUT2D eigenvalue weighted by molar-refractivity contribution is -0.148. The van der Waals surface area contributed by atoms with Gasteiger partial charge in [-0.1, -0.05) is 42.5 Å². The standard InChI is InChI=1S/C40H43N3O10/c1-5-53-39(50)27(16-20-9-7-6-8-10-20)42-19-21-11-14-29(52-4)24(15-21)23-12-13-28(44)31-25(23)17-22-18-26-33(43(2)3)35(46)32(38(41)49)37(48)40(26,51)36(47)30(22)34(31)45/h6-15,22,26-27,33,42,44,46-47,51H,5,16-19H2,1-4H3,(H2,41,49)/t22-,26-,27?,33-,40-/m0/s1. The summed E-state index contributed by atoms with van der Waals surface area (Å²) in [5.74, 6) is -7.11. The molecule has 3 aromatic carbocycles. The zero-order valence-electron chi connectivity index (χ0n) is 29.9. The highest BCUT2D eigenvalue weighted by atomic mass is 16.5. The number of aromatic hydroxyl groups is 1. The minimum absolute atomic E-state index is 0.0430. The number of benzene rings is 3. The van der Waals surface area contributed by atoms with E-state index in [1.807, 2.05) is 42.5 Å². The molecule has 0 bridgehead atoms. The molecule has 0 saturated heterocycles. The van der Waals surface area contributed by atoms with Crippen molar-refractivity contribution in [2.45, 2.75) is 50.4 Å². The molecule has 0 heterocycles. The van der Waals surface area contributed by atoms with E-state index in [9.17, 15) is 39.6 Å². The number of ether oxygens (including phenoxy) is 2. The number of phenols is 1. The van der Waals surface area contributed by atoms with Crippen LogP contribution in [0.25, 0.3) is 11.1 Å². The van der Waals surface area contributed by atoms with Crippen molar-refractivity contribution in [1.82, 2.24) is 10.2 Å². The summed E-state index contributed by atoms with van der Waals surface area (Å²) in [5.41, 5.74) is 4.86. The highest BCUT2D eigenvalue weighted by Gasteiger charge is 2.63. The van der Waals surface area contributed by atoms with Crippen molar-refractivity contribution in [2.75, 3.05) is 27.8 Å². The van der Waals surface area contributed by atoms with Gasteiger partial charge in [0.05, 0.1) is 25.3 Å². The summed E-state index contributed by atoms with van der Waals surface area (Å²) in [7, 11) is 4.66. The number of allylic oxidation sites excluding steroid dienone is 1. The van der Waals surface area contributed by atoms with Gasteiger partial charge in [0.25, 0.3) is 5.91 Å². The molecule has 6 rings (SSSR count). The van der Waals surface area contributed by atoms with Crippen LogP contribution in [0.15, 0.2) is 83.3 Å². The molecule has 1 unspecified atom stereocenters. The van der Waals surface area contributed by atoms with Crippen molar-refractivity contribution < 1.29 is 49.1 Å². The smallest absolute Gasteiger partial charge is 0.323 e. The third-order valence-corrected chi connectivity index (χ3v) is 10.6. The lowest BCUT2D eigenvalue weighted by Gasteiger charge is -2.50. The fraction of sp³-hybridized carbons (Fsp3) is 0.350. The molecule has 5 atom stereocenters. The number of primary amides is 1. The number of aliphatic hydroxyl groups is 3. The molecule has 3 aliphatic rings. The van der Waals surface area contributed by atoms with Gasteiger partial charge in [0, 0.05) is 23.6 Å². The van der Waals surface area contributed by atoms with E-state index in [1.165, 1.54) is 18.1 Å². The van der Waals surface area contributed by atoms with E-state index in [0.717, 1.165) is 11.1 Å². The molecule has 0 aromatic heterocycles. The van der Waals surface area contributed by atoms with Gasteiger partial charge in [0.1, 0.15) is 34.6 Å². The summed E-state index contributed by atoms with van der Waals surface area (Å²) in [4.78, 5) is 54.6. The number of carbonyl (C=O) groups excluding carboxylic acids is 4. The second-order valence-corrected chi connectivity index (χ2v) is 13.9. The SMILES string of the molecule is CCOC(=O)C(Cc1ccccc1)NCc1ccc(OC)c(-c2ccc(O)c3c2C[C@H]2C[C@H]4[C@H](N(C)C)C(O)=C(C(N)=O)C(=O)[C@@]4(O)C(O)=C2C3=O)c1. The number of amides is 1. The van der Waals surface area contributed by atoms with Crippen molar-refractivity contribution in [3.63, 3.8) is 0 Å². The number of aliphatic hydroxyl groups excluding tert-OH is 2. The molecule has 1 amide bonds. The van der Waals surface area contributed by atoms with E-state index in [-0.39, 0.29) is 48.8 Å². The van der Waals surface area contributed by atoms with Gasteiger partial charge >= 0.3 is 5.97 Å². The van der Waals surface area contributed by atoms with Crippen LogP contribution in [0.2, 0.25) is 0 Å². The average molecular weight is 726 g/mol. The molecular weight excluding hydrogens is 682 g/mol. The molecule has 3 aliphatic carbocycles. The minimum atomic E-state index is -2.73. The van der Waals surface area contributed by atoms with Crippen LogP contribution in [-0.2, 0) is 38.5 Å². The third-order valence-electron chi connectivity index (χ3n) is 10.6. The molecule has 13 heteroatoms. The molecule has 278 valence electrons. The number of fused-ring (bicyclic) bond motifs is 3. The summed E-state index contributed by atoms with van der Waals surface area (Å²) in [6.07, 6.45) is 0.471. The fourth-order valence-corrected chi connectivity index (χ4v) is 8.15. The van der Waals surface area contributed by atoms with Crippen molar-refractivity contribution in [3.8, 4) is 22.6 Å². The van der Waals surface area contributed by atoms with Crippen LogP contribution in [0.3, 0.4) is 0 Å². The second kappa shape index (κ2) is 14.5. The van der Waals surface area contributed by atoms with Crippen LogP contribution in [0.4, 0.5) is 0 Å². The molecular formula is C40H43N3O10. The van der Waals surface area contributed by atoms with Crippen LogP contribution in [0.1, 0.15) is 40.4 Å². The van der Waals surface area contributed by atoms with Gasteiger partial charge in [-0.05, 0) is 86.7 Å². The first-order chi connectivity index (χ1) is 25.2. The topological polar surface area (TPSA) is 209 Å². The van der Waals surface area contributed by atoms with Gasteiger partial charge in [-0.15, -0.1) is 0 Å². The number of methoxy groups -OCH3 is 1. The summed E-state index contributed by atoms with van der Waals surface area (Å²) in [6, 6.07) is 16.4. The summed E-state index contributed by atoms with van der Waals surface area (Å²) < 4.78 is 11.1. The molecule has 53 heavy (non-hydrogen) atoms. The number of hydrogen-bond donors (Lipinski definition) is 6. The van der Waals surface area contributed by atoms with E-state index in [1.54, 1.807) is 33.2 Å². The molecule has 0 spiro atoms. The Morgan fingerprint density at radius 1 is 1.02 bits per heavy atom. The summed E-state index contributed by atoms with van der Waals surface area (Å²) >= 11 is 0. The van der Waals surface area contributed by atoms with Crippen molar-refractivity contribution in [3.05, 3.63) is 106 Å². The van der Waals surface area contributed by atoms with Crippen molar-refractivity contribution >= 4 is 23.4 Å². The van der Waals surface area contributed by atoms with E-state index >= 15 is 0 Å². The molecule has 3 aromatic rings. The number of likely N-dealkylation sites (N-methyl/N-ethyl adjacent to an activating group) is 1. The lowest BCUT2D eigenvalue weighted by Crippen LogP contribution is -2.63. The van der Waals surface area contributed by atoms with Crippen LogP contribution >= 0.6 is 0 Å². The van der Waals surface area contributed by atoms with E-state index < -0.39 is 64.1 Å². The number of nitrogens with one attached hydrogen (secondary N) is 1. The predicted octanol–water partition coefficient (Wildman–Crippen LogP) is 3.06. The zero-order valence-corrected chi connectivity index (χ0v) is 29.9. The number of phenolic OH excluding ortho intramolecular Hbond substituents is 1. The quantitative estimate of drug-likeness (QED) is 0.125. The molecule has 0 aliphatic heterocycles. The Balaban J connectivity index is 1.40. The molecule has 0 radical (unpaired) electrons. The fourth-order valence-electron chi connectivity index (χ4n) is 8.15. The second-order valence-electron chi connectivity index (χ2n) is 13.9. The van der Waals surface area contributed by atoms with Crippen molar-refractivity contribution in [1.29, 1.82) is 0 Å². The van der Waals surface area contributed by atoms with Gasteiger partial charge in [-0.2, -0.15) is 0 Å². The van der Waals surface area contributed by atoms with Crippen LogP contribution in [0.5, 0.6) is 11.5 Å². The Hall–Kier alpha value is -5.50. The first kappa shape index (κ1) is 37.3. The van der Waals surface area contributed by atoms with Gasteiger partial charge in [-0.25, -0.2) is 0 Å². The Morgan fingerprint density at radius 2 is 1.74 bits per heavy atom. The van der Waals surface area contributed by atoms with E-state index in [2.05, 4.69) is 5.32 Å². The average Bonchev–Trinajstić information content (AvgIpc) is 3.12. The maximum Gasteiger partial charge on any atom is 0.323 e. The van der Waals surface area contributed by atoms with Crippen LogP contribution in [0, 0.1) is 11.8 Å². The Labute approximate surface area is 306 Å². The number of rotatable bonds is 11.